The summed E-state index contributed by atoms with van der Waals surface area (Å²) in [5, 5.41) is 9.32. The Kier molecular flexibility index (Phi) is 11.9. The molecule has 54 heavy (non-hydrogen) atoms. The summed E-state index contributed by atoms with van der Waals surface area (Å²) >= 11 is 1.91. The molecule has 0 saturated carbocycles. The van der Waals surface area contributed by atoms with Crippen LogP contribution in [0, 0.1) is 0 Å². The number of carbonyl (C=O) groups excluding carboxylic acids is 3. The molecular weight excluding hydrogens is 705 g/mol. The van der Waals surface area contributed by atoms with Gasteiger partial charge in [0.2, 0.25) is 17.7 Å². The quantitative estimate of drug-likeness (QED) is 0.0718. The van der Waals surface area contributed by atoms with E-state index in [-0.39, 0.29) is 41.6 Å². The Morgan fingerprint density at radius 1 is 0.907 bits per heavy atom. The number of amides is 4. The molecule has 1 aromatic heterocycles. The summed E-state index contributed by atoms with van der Waals surface area (Å²) in [4.78, 5) is 49.9. The standard InChI is InChI=1S/C40H44N8O5S/c41-38-36(27-15-17-30(18-16-27)52-29-9-2-1-3-10-29)39(43-26-42-38)53-31-11-6-8-28(24-31)44-34(49)13-7-19-47-20-22-48(23-21-47)35(50)14-5-4-12-33-37-32(25-54-33)45-40(51)46-37/h1-3,6-11,13,15-18,24,26,32-33,37H,4-5,12,14,19-23,25H2,(H,44,49)(H2,41,42,43)(H2,45,46,51). The van der Waals surface area contributed by atoms with Crippen molar-refractivity contribution in [1.29, 1.82) is 0 Å². The number of hydrogen-bond donors (Lipinski definition) is 4. The van der Waals surface area contributed by atoms with Gasteiger partial charge in [0, 0.05) is 68.0 Å². The van der Waals surface area contributed by atoms with Gasteiger partial charge in [0.25, 0.3) is 0 Å². The lowest BCUT2D eigenvalue weighted by Gasteiger charge is -2.34. The minimum Gasteiger partial charge on any atom is -0.457 e. The smallest absolute Gasteiger partial charge is 0.315 e. The second-order valence-electron chi connectivity index (χ2n) is 13.4. The Bertz CT molecular complexity index is 1960. The number of hydrogen-bond acceptors (Lipinski definition) is 10. The molecule has 4 heterocycles. The van der Waals surface area contributed by atoms with Crippen LogP contribution in [0.3, 0.4) is 0 Å². The molecule has 0 spiro atoms. The van der Waals surface area contributed by atoms with Gasteiger partial charge >= 0.3 is 6.03 Å². The van der Waals surface area contributed by atoms with Crippen molar-refractivity contribution in [2.24, 2.45) is 0 Å². The van der Waals surface area contributed by atoms with Gasteiger partial charge in [-0.25, -0.2) is 14.8 Å². The molecule has 280 valence electrons. The third kappa shape index (κ3) is 9.49. The molecule has 3 saturated heterocycles. The van der Waals surface area contributed by atoms with Crippen LogP contribution in [0.5, 0.6) is 23.1 Å². The zero-order chi connectivity index (χ0) is 37.3. The summed E-state index contributed by atoms with van der Waals surface area (Å²) in [5.41, 5.74) is 8.14. The molecule has 3 atom stereocenters. The molecule has 4 amide bonds. The van der Waals surface area contributed by atoms with Crippen molar-refractivity contribution >= 4 is 41.1 Å². The molecule has 14 heteroatoms. The number of ether oxygens (including phenoxy) is 2. The molecule has 5 N–H and O–H groups in total. The minimum absolute atomic E-state index is 0.0628. The highest BCUT2D eigenvalue weighted by Gasteiger charge is 2.42. The normalized spacial score (nSPS) is 19.6. The summed E-state index contributed by atoms with van der Waals surface area (Å²) in [7, 11) is 0. The van der Waals surface area contributed by atoms with Gasteiger partial charge in [0.15, 0.2) is 0 Å². The molecular formula is C40H44N8O5S. The number of aromatic nitrogens is 2. The van der Waals surface area contributed by atoms with Gasteiger partial charge in [-0.3, -0.25) is 14.5 Å². The number of nitrogens with two attached hydrogens (primary N) is 1. The van der Waals surface area contributed by atoms with Crippen molar-refractivity contribution < 1.29 is 23.9 Å². The molecule has 3 aromatic carbocycles. The van der Waals surface area contributed by atoms with Crippen LogP contribution in [0.25, 0.3) is 11.1 Å². The Balaban J connectivity index is 0.839. The number of nitrogens with one attached hydrogen (secondary N) is 3. The van der Waals surface area contributed by atoms with E-state index in [9.17, 15) is 14.4 Å². The predicted octanol–water partition coefficient (Wildman–Crippen LogP) is 5.68. The maximum atomic E-state index is 12.8. The Morgan fingerprint density at radius 2 is 1.69 bits per heavy atom. The first-order chi connectivity index (χ1) is 26.4. The number of carbonyl (C=O) groups is 3. The molecule has 13 nitrogen and oxygen atoms in total. The lowest BCUT2D eigenvalue weighted by molar-refractivity contribution is -0.133. The first-order valence-corrected chi connectivity index (χ1v) is 19.3. The van der Waals surface area contributed by atoms with Crippen LogP contribution in [0.15, 0.2) is 97.3 Å². The van der Waals surface area contributed by atoms with E-state index in [0.717, 1.165) is 49.4 Å². The second kappa shape index (κ2) is 17.5. The highest BCUT2D eigenvalue weighted by Crippen LogP contribution is 2.37. The number of para-hydroxylation sites is 1. The van der Waals surface area contributed by atoms with Crippen LogP contribution >= 0.6 is 11.8 Å². The third-order valence-corrected chi connectivity index (χ3v) is 11.2. The van der Waals surface area contributed by atoms with Gasteiger partial charge in [0.05, 0.1) is 17.6 Å². The van der Waals surface area contributed by atoms with E-state index in [1.165, 1.54) is 12.4 Å². The van der Waals surface area contributed by atoms with Crippen molar-refractivity contribution in [3.63, 3.8) is 0 Å². The zero-order valence-electron chi connectivity index (χ0n) is 29.9. The predicted molar refractivity (Wildman–Crippen MR) is 210 cm³/mol. The fourth-order valence-electron chi connectivity index (χ4n) is 6.89. The number of fused-ring (bicyclic) bond motifs is 1. The van der Waals surface area contributed by atoms with Gasteiger partial charge in [-0.1, -0.05) is 48.9 Å². The van der Waals surface area contributed by atoms with Crippen molar-refractivity contribution in [3.05, 3.63) is 97.3 Å². The molecule has 0 radical (unpaired) electrons. The monoisotopic (exact) mass is 748 g/mol. The van der Waals surface area contributed by atoms with E-state index >= 15 is 0 Å². The number of nitrogen functional groups attached to an aromatic ring is 1. The Labute approximate surface area is 318 Å². The van der Waals surface area contributed by atoms with Gasteiger partial charge < -0.3 is 36.1 Å². The lowest BCUT2D eigenvalue weighted by Crippen LogP contribution is -2.48. The van der Waals surface area contributed by atoms with Crippen LogP contribution in [-0.2, 0) is 9.59 Å². The molecule has 4 aromatic rings. The van der Waals surface area contributed by atoms with Crippen molar-refractivity contribution in [3.8, 4) is 34.3 Å². The van der Waals surface area contributed by atoms with Crippen molar-refractivity contribution in [2.45, 2.75) is 43.0 Å². The third-order valence-electron chi connectivity index (χ3n) is 9.71. The number of urea groups is 1. The second-order valence-corrected chi connectivity index (χ2v) is 14.7. The summed E-state index contributed by atoms with van der Waals surface area (Å²) in [6.45, 7) is 3.49. The van der Waals surface area contributed by atoms with Gasteiger partial charge in [0.1, 0.15) is 29.4 Å². The summed E-state index contributed by atoms with van der Waals surface area (Å²) < 4.78 is 12.1. The average molecular weight is 749 g/mol. The van der Waals surface area contributed by atoms with Crippen LogP contribution in [-0.4, -0.2) is 93.4 Å². The average Bonchev–Trinajstić information content (AvgIpc) is 3.73. The fourth-order valence-corrected chi connectivity index (χ4v) is 8.43. The minimum atomic E-state index is -0.260. The number of piperazine rings is 1. The zero-order valence-corrected chi connectivity index (χ0v) is 30.7. The van der Waals surface area contributed by atoms with Crippen LogP contribution in [0.1, 0.15) is 25.7 Å². The van der Waals surface area contributed by atoms with Crippen LogP contribution in [0.2, 0.25) is 0 Å². The first kappa shape index (κ1) is 36.7. The van der Waals surface area contributed by atoms with Crippen LogP contribution in [0.4, 0.5) is 16.3 Å². The number of unbranched alkanes of at least 4 members (excludes halogenated alkanes) is 1. The number of benzene rings is 3. The highest BCUT2D eigenvalue weighted by molar-refractivity contribution is 8.00. The van der Waals surface area contributed by atoms with Crippen molar-refractivity contribution in [2.75, 3.05) is 49.5 Å². The molecule has 3 fully saturated rings. The maximum Gasteiger partial charge on any atom is 0.315 e. The number of thioether (sulfide) groups is 1. The maximum absolute atomic E-state index is 12.8. The summed E-state index contributed by atoms with van der Waals surface area (Å²) in [6, 6.07) is 24.4. The molecule has 7 rings (SSSR count). The van der Waals surface area contributed by atoms with E-state index in [0.29, 0.717) is 54.1 Å². The number of nitrogens with zero attached hydrogens (tertiary/aromatic N) is 4. The number of rotatable bonds is 14. The van der Waals surface area contributed by atoms with Gasteiger partial charge in [-0.05, 0) is 54.8 Å². The van der Waals surface area contributed by atoms with Crippen molar-refractivity contribution in [1.82, 2.24) is 30.4 Å². The SMILES string of the molecule is Nc1ncnc(Oc2cccc(NC(=O)C=CCN3CCN(C(=O)CCCCC4SCC5NC(=O)NC54)CC3)c2)c1-c1ccc(Oc2ccccc2)cc1. The molecule has 3 aliphatic rings. The summed E-state index contributed by atoms with van der Waals surface area (Å²) in [5.74, 6) is 3.31. The van der Waals surface area contributed by atoms with Crippen LogP contribution < -0.4 is 31.2 Å². The van der Waals surface area contributed by atoms with E-state index in [1.54, 1.807) is 24.3 Å². The first-order valence-electron chi connectivity index (χ1n) is 18.3. The summed E-state index contributed by atoms with van der Waals surface area (Å²) in [6.07, 6.45) is 8.11. The molecule has 0 bridgehead atoms. The largest absolute Gasteiger partial charge is 0.457 e. The molecule has 3 aliphatic heterocycles. The number of anilines is 2. The molecule has 3 unspecified atom stereocenters. The van der Waals surface area contributed by atoms with E-state index in [1.807, 2.05) is 77.3 Å². The Morgan fingerprint density at radius 3 is 2.50 bits per heavy atom. The fraction of sp³-hybridized carbons (Fsp3) is 0.325. The highest BCUT2D eigenvalue weighted by atomic mass is 32.2. The van der Waals surface area contributed by atoms with Gasteiger partial charge in [-0.2, -0.15) is 11.8 Å². The lowest BCUT2D eigenvalue weighted by atomic mass is 10.0. The van der Waals surface area contributed by atoms with Gasteiger partial charge in [-0.15, -0.1) is 0 Å². The topological polar surface area (TPSA) is 164 Å². The Hall–Kier alpha value is -5.60. The molecule has 0 aliphatic carbocycles. The van der Waals surface area contributed by atoms with E-state index in [4.69, 9.17) is 15.2 Å². The van der Waals surface area contributed by atoms with E-state index in [2.05, 4.69) is 30.8 Å². The van der Waals surface area contributed by atoms with E-state index < -0.39 is 0 Å².